The normalized spacial score (nSPS) is 11.8. The van der Waals surface area contributed by atoms with Crippen LogP contribution >= 0.6 is 0 Å². The summed E-state index contributed by atoms with van der Waals surface area (Å²) in [6.07, 6.45) is 0. The zero-order chi connectivity index (χ0) is 41.4. The van der Waals surface area contributed by atoms with Gasteiger partial charge >= 0.3 is 0 Å². The third-order valence-electron chi connectivity index (χ3n) is 12.3. The van der Waals surface area contributed by atoms with Crippen LogP contribution in [0.5, 0.6) is 0 Å². The van der Waals surface area contributed by atoms with Crippen LogP contribution in [0.3, 0.4) is 0 Å². The monoisotopic (exact) mass is 806 g/mol. The van der Waals surface area contributed by atoms with Crippen molar-refractivity contribution in [2.45, 2.75) is 0 Å². The number of hydrogen-bond donors (Lipinski definition) is 0. The molecular weight excluding hydrogens is 773 g/mol. The molecule has 0 fully saturated rings. The molecule has 0 aliphatic carbocycles. The molecular formula is C57H34N4O2. The summed E-state index contributed by atoms with van der Waals surface area (Å²) in [6.45, 7) is 0. The van der Waals surface area contributed by atoms with E-state index in [1.54, 1.807) is 0 Å². The fourth-order valence-corrected chi connectivity index (χ4v) is 9.37. The van der Waals surface area contributed by atoms with Crippen LogP contribution in [0.1, 0.15) is 0 Å². The smallest absolute Gasteiger partial charge is 0.164 e. The second-order valence-corrected chi connectivity index (χ2v) is 15.9. The Morgan fingerprint density at radius 2 is 0.794 bits per heavy atom. The van der Waals surface area contributed by atoms with Gasteiger partial charge in [0.1, 0.15) is 22.3 Å². The molecule has 0 radical (unpaired) electrons. The number of rotatable bonds is 6. The van der Waals surface area contributed by atoms with Gasteiger partial charge in [-0.1, -0.05) is 146 Å². The number of nitrogens with zero attached hydrogens (tertiary/aromatic N) is 4. The van der Waals surface area contributed by atoms with Gasteiger partial charge in [-0.15, -0.1) is 0 Å². The molecule has 0 saturated heterocycles. The van der Waals surface area contributed by atoms with E-state index in [4.69, 9.17) is 23.8 Å². The minimum atomic E-state index is 0.550. The van der Waals surface area contributed by atoms with Crippen LogP contribution in [0.25, 0.3) is 128 Å². The molecule has 0 unspecified atom stereocenters. The van der Waals surface area contributed by atoms with Gasteiger partial charge in [0.05, 0.1) is 22.1 Å². The van der Waals surface area contributed by atoms with Crippen LogP contribution in [0.15, 0.2) is 215 Å². The third-order valence-corrected chi connectivity index (χ3v) is 12.3. The summed E-state index contributed by atoms with van der Waals surface area (Å²) in [6, 6.07) is 71.5. The van der Waals surface area contributed by atoms with Crippen molar-refractivity contribution in [3.63, 3.8) is 0 Å². The van der Waals surface area contributed by atoms with Crippen LogP contribution in [0, 0.1) is 0 Å². The van der Waals surface area contributed by atoms with E-state index in [1.165, 1.54) is 21.9 Å². The average Bonchev–Trinajstić information content (AvgIpc) is 4.03. The second-order valence-electron chi connectivity index (χ2n) is 15.9. The van der Waals surface area contributed by atoms with Gasteiger partial charge in [-0.3, -0.25) is 0 Å². The maximum absolute atomic E-state index is 6.66. The molecule has 0 atom stereocenters. The molecule has 0 aliphatic heterocycles. The van der Waals surface area contributed by atoms with Crippen molar-refractivity contribution in [3.8, 4) is 62.1 Å². The molecule has 0 N–H and O–H groups in total. The van der Waals surface area contributed by atoms with E-state index >= 15 is 0 Å². The Hall–Kier alpha value is -8.61. The quantitative estimate of drug-likeness (QED) is 0.167. The summed E-state index contributed by atoms with van der Waals surface area (Å²) in [5.41, 5.74) is 13.7. The number of furan rings is 2. The Morgan fingerprint density at radius 3 is 1.44 bits per heavy atom. The van der Waals surface area contributed by atoms with E-state index in [1.807, 2.05) is 54.6 Å². The van der Waals surface area contributed by atoms with Crippen LogP contribution in [0.2, 0.25) is 0 Å². The van der Waals surface area contributed by atoms with E-state index in [0.717, 1.165) is 88.4 Å². The van der Waals surface area contributed by atoms with Gasteiger partial charge in [-0.25, -0.2) is 15.0 Å². The van der Waals surface area contributed by atoms with Crippen LogP contribution in [-0.4, -0.2) is 19.5 Å². The zero-order valence-electron chi connectivity index (χ0n) is 33.7. The molecule has 294 valence electrons. The second kappa shape index (κ2) is 14.0. The van der Waals surface area contributed by atoms with Gasteiger partial charge in [0.2, 0.25) is 0 Å². The first-order chi connectivity index (χ1) is 31.2. The molecule has 4 heterocycles. The summed E-state index contributed by atoms with van der Waals surface area (Å²) < 4.78 is 15.6. The third kappa shape index (κ3) is 5.69. The molecule has 0 saturated carbocycles. The van der Waals surface area contributed by atoms with Gasteiger partial charge in [0, 0.05) is 43.6 Å². The molecule has 4 aromatic heterocycles. The summed E-state index contributed by atoms with van der Waals surface area (Å²) >= 11 is 0. The van der Waals surface area contributed by atoms with E-state index in [2.05, 4.69) is 156 Å². The molecule has 0 amide bonds. The Bertz CT molecular complexity index is 3870. The standard InChI is InChI=1S/C57H34N4O2/c1-3-14-35(15-4-1)37-18-11-19-38(32-37)41-22-12-26-49-53(41)44-30-28-39(33-51(44)62-49)56-58-55(36-16-5-2-6-17-36)59-57(60-56)40-29-31-45-52(34-40)63-50-27-13-25-48(54(45)50)61-46-23-9-7-20-42(46)43-21-8-10-24-47(43)61/h1-34H. The Balaban J connectivity index is 0.939. The first kappa shape index (κ1) is 35.2. The van der Waals surface area contributed by atoms with Crippen molar-refractivity contribution in [1.82, 2.24) is 19.5 Å². The highest BCUT2D eigenvalue weighted by Crippen LogP contribution is 2.41. The first-order valence-electron chi connectivity index (χ1n) is 21.1. The fourth-order valence-electron chi connectivity index (χ4n) is 9.37. The summed E-state index contributed by atoms with van der Waals surface area (Å²) in [4.78, 5) is 15.3. The van der Waals surface area contributed by atoms with Gasteiger partial charge in [0.15, 0.2) is 17.5 Å². The number of aromatic nitrogens is 4. The Kier molecular flexibility index (Phi) is 7.80. The van der Waals surface area contributed by atoms with Gasteiger partial charge in [-0.2, -0.15) is 0 Å². The minimum absolute atomic E-state index is 0.550. The highest BCUT2D eigenvalue weighted by molar-refractivity contribution is 6.15. The van der Waals surface area contributed by atoms with E-state index in [0.29, 0.717) is 17.5 Å². The van der Waals surface area contributed by atoms with E-state index in [9.17, 15) is 0 Å². The maximum atomic E-state index is 6.66. The lowest BCUT2D eigenvalue weighted by atomic mass is 9.96. The Morgan fingerprint density at radius 1 is 0.302 bits per heavy atom. The molecule has 6 heteroatoms. The molecule has 6 nitrogen and oxygen atoms in total. The van der Waals surface area contributed by atoms with Crippen LogP contribution in [0.4, 0.5) is 0 Å². The predicted octanol–water partition coefficient (Wildman–Crippen LogP) is 15.1. The molecule has 13 aromatic rings. The molecule has 13 rings (SSSR count). The topological polar surface area (TPSA) is 69.9 Å². The van der Waals surface area contributed by atoms with Crippen LogP contribution in [-0.2, 0) is 0 Å². The number of fused-ring (bicyclic) bond motifs is 9. The molecule has 9 aromatic carbocycles. The SMILES string of the molecule is c1ccc(-c2cccc(-c3cccc4oc5cc(-c6nc(-c7ccccc7)nc(-c7ccc8c(c7)oc7cccc(-n9c%10ccccc%10c%10ccccc%109)c78)n6)ccc5c34)c2)cc1. The van der Waals surface area contributed by atoms with Crippen molar-refractivity contribution >= 4 is 65.7 Å². The maximum Gasteiger partial charge on any atom is 0.164 e. The largest absolute Gasteiger partial charge is 0.456 e. The van der Waals surface area contributed by atoms with Crippen LogP contribution < -0.4 is 0 Å². The van der Waals surface area contributed by atoms with Gasteiger partial charge in [-0.05, 0) is 82.9 Å². The number of hydrogen-bond acceptors (Lipinski definition) is 5. The minimum Gasteiger partial charge on any atom is -0.456 e. The summed E-state index contributed by atoms with van der Waals surface area (Å²) in [5, 5.41) is 6.61. The van der Waals surface area contributed by atoms with Crippen molar-refractivity contribution < 1.29 is 8.83 Å². The zero-order valence-corrected chi connectivity index (χ0v) is 33.7. The molecule has 63 heavy (non-hydrogen) atoms. The van der Waals surface area contributed by atoms with E-state index < -0.39 is 0 Å². The van der Waals surface area contributed by atoms with Crippen molar-refractivity contribution in [3.05, 3.63) is 206 Å². The lowest BCUT2D eigenvalue weighted by Crippen LogP contribution is -2.00. The fraction of sp³-hybridized carbons (Fsp3) is 0. The van der Waals surface area contributed by atoms with Crippen molar-refractivity contribution in [1.29, 1.82) is 0 Å². The highest BCUT2D eigenvalue weighted by atomic mass is 16.3. The predicted molar refractivity (Wildman–Crippen MR) is 256 cm³/mol. The van der Waals surface area contributed by atoms with Crippen molar-refractivity contribution in [2.75, 3.05) is 0 Å². The number of benzene rings is 9. The molecule has 0 bridgehead atoms. The average molecular weight is 807 g/mol. The van der Waals surface area contributed by atoms with Crippen molar-refractivity contribution in [2.24, 2.45) is 0 Å². The molecule has 0 aliphatic rings. The summed E-state index contributed by atoms with van der Waals surface area (Å²) in [5.74, 6) is 1.68. The first-order valence-corrected chi connectivity index (χ1v) is 21.1. The van der Waals surface area contributed by atoms with E-state index in [-0.39, 0.29) is 0 Å². The lowest BCUT2D eigenvalue weighted by Gasteiger charge is -2.10. The van der Waals surface area contributed by atoms with Gasteiger partial charge < -0.3 is 13.4 Å². The summed E-state index contributed by atoms with van der Waals surface area (Å²) in [7, 11) is 0. The number of para-hydroxylation sites is 2. The highest BCUT2D eigenvalue weighted by Gasteiger charge is 2.20. The Labute approximate surface area is 361 Å². The molecule has 0 spiro atoms. The van der Waals surface area contributed by atoms with Gasteiger partial charge in [0.25, 0.3) is 0 Å². The lowest BCUT2D eigenvalue weighted by molar-refractivity contribution is 0.668.